The van der Waals surface area contributed by atoms with Crippen molar-refractivity contribution in [2.75, 3.05) is 26.3 Å². The van der Waals surface area contributed by atoms with E-state index in [0.717, 1.165) is 45.6 Å². The van der Waals surface area contributed by atoms with E-state index in [1.54, 1.807) is 0 Å². The van der Waals surface area contributed by atoms with Crippen molar-refractivity contribution in [3.05, 3.63) is 0 Å². The second-order valence-electron chi connectivity index (χ2n) is 5.42. The Morgan fingerprint density at radius 1 is 1.28 bits per heavy atom. The third kappa shape index (κ3) is 3.69. The molecule has 2 aliphatic rings. The highest BCUT2D eigenvalue weighted by Crippen LogP contribution is 2.18. The SMILES string of the molecule is CC[C@H](C(=O)NC1CCCCC1)N1CCOCC1. The molecule has 0 spiro atoms. The Morgan fingerprint density at radius 2 is 1.94 bits per heavy atom. The molecule has 0 radical (unpaired) electrons. The Labute approximate surface area is 110 Å². The molecule has 1 saturated heterocycles. The van der Waals surface area contributed by atoms with Crippen LogP contribution in [0.1, 0.15) is 45.4 Å². The van der Waals surface area contributed by atoms with E-state index in [-0.39, 0.29) is 11.9 Å². The molecule has 1 saturated carbocycles. The quantitative estimate of drug-likeness (QED) is 0.827. The fourth-order valence-electron chi connectivity index (χ4n) is 3.04. The number of hydrogen-bond acceptors (Lipinski definition) is 3. The highest BCUT2D eigenvalue weighted by molar-refractivity contribution is 5.82. The van der Waals surface area contributed by atoms with Crippen LogP contribution in [-0.2, 0) is 9.53 Å². The van der Waals surface area contributed by atoms with Crippen LogP contribution < -0.4 is 5.32 Å². The molecule has 4 heteroatoms. The summed E-state index contributed by atoms with van der Waals surface area (Å²) in [4.78, 5) is 14.6. The maximum atomic E-state index is 12.3. The molecule has 18 heavy (non-hydrogen) atoms. The molecule has 0 unspecified atom stereocenters. The van der Waals surface area contributed by atoms with Crippen LogP contribution in [0.4, 0.5) is 0 Å². The number of carbonyl (C=O) groups excluding carboxylic acids is 1. The minimum Gasteiger partial charge on any atom is -0.379 e. The topological polar surface area (TPSA) is 41.6 Å². The Balaban J connectivity index is 1.83. The second kappa shape index (κ2) is 7.10. The first kappa shape index (κ1) is 13.8. The number of rotatable bonds is 4. The first-order chi connectivity index (χ1) is 8.81. The van der Waals surface area contributed by atoms with Gasteiger partial charge in [-0.1, -0.05) is 26.2 Å². The van der Waals surface area contributed by atoms with Gasteiger partial charge in [0.15, 0.2) is 0 Å². The van der Waals surface area contributed by atoms with Crippen LogP contribution in [0, 0.1) is 0 Å². The number of morpholine rings is 1. The Bertz CT molecular complexity index is 259. The zero-order valence-corrected chi connectivity index (χ0v) is 11.5. The summed E-state index contributed by atoms with van der Waals surface area (Å²) >= 11 is 0. The van der Waals surface area contributed by atoms with Crippen molar-refractivity contribution < 1.29 is 9.53 Å². The van der Waals surface area contributed by atoms with Crippen molar-refractivity contribution in [1.29, 1.82) is 0 Å². The van der Waals surface area contributed by atoms with Gasteiger partial charge in [-0.05, 0) is 19.3 Å². The smallest absolute Gasteiger partial charge is 0.237 e. The van der Waals surface area contributed by atoms with Gasteiger partial charge in [0.2, 0.25) is 5.91 Å². The number of nitrogens with zero attached hydrogens (tertiary/aromatic N) is 1. The lowest BCUT2D eigenvalue weighted by Crippen LogP contribution is -2.52. The molecule has 1 atom stereocenters. The zero-order valence-electron chi connectivity index (χ0n) is 11.5. The van der Waals surface area contributed by atoms with Gasteiger partial charge in [-0.15, -0.1) is 0 Å². The van der Waals surface area contributed by atoms with Crippen molar-refractivity contribution in [1.82, 2.24) is 10.2 Å². The lowest BCUT2D eigenvalue weighted by atomic mass is 9.95. The molecule has 0 aromatic rings. The van der Waals surface area contributed by atoms with Gasteiger partial charge in [0.05, 0.1) is 19.3 Å². The molecule has 4 nitrogen and oxygen atoms in total. The molecule has 0 aromatic heterocycles. The fraction of sp³-hybridized carbons (Fsp3) is 0.929. The number of hydrogen-bond donors (Lipinski definition) is 1. The standard InChI is InChI=1S/C14H26N2O2/c1-2-13(16-8-10-18-11-9-16)14(17)15-12-6-4-3-5-7-12/h12-13H,2-11H2,1H3,(H,15,17)/t13-/m1/s1. The maximum Gasteiger partial charge on any atom is 0.237 e. The van der Waals surface area contributed by atoms with Crippen LogP contribution >= 0.6 is 0 Å². The molecule has 1 aliphatic carbocycles. The van der Waals surface area contributed by atoms with Crippen LogP contribution in [-0.4, -0.2) is 49.2 Å². The van der Waals surface area contributed by atoms with Crippen molar-refractivity contribution in [2.24, 2.45) is 0 Å². The van der Waals surface area contributed by atoms with Gasteiger partial charge in [0, 0.05) is 19.1 Å². The van der Waals surface area contributed by atoms with E-state index in [1.165, 1.54) is 19.3 Å². The Morgan fingerprint density at radius 3 is 2.56 bits per heavy atom. The van der Waals surface area contributed by atoms with E-state index in [4.69, 9.17) is 4.74 Å². The second-order valence-corrected chi connectivity index (χ2v) is 5.42. The van der Waals surface area contributed by atoms with Gasteiger partial charge in [-0.2, -0.15) is 0 Å². The molecule has 0 bridgehead atoms. The van der Waals surface area contributed by atoms with Crippen molar-refractivity contribution >= 4 is 5.91 Å². The van der Waals surface area contributed by atoms with Crippen LogP contribution in [0.2, 0.25) is 0 Å². The molecule has 0 aromatic carbocycles. The molecular weight excluding hydrogens is 228 g/mol. The lowest BCUT2D eigenvalue weighted by Gasteiger charge is -2.34. The molecule has 104 valence electrons. The average molecular weight is 254 g/mol. The highest BCUT2D eigenvalue weighted by Gasteiger charge is 2.27. The van der Waals surface area contributed by atoms with E-state index < -0.39 is 0 Å². The monoisotopic (exact) mass is 254 g/mol. The van der Waals surface area contributed by atoms with Crippen LogP contribution in [0.3, 0.4) is 0 Å². The van der Waals surface area contributed by atoms with E-state index in [0.29, 0.717) is 6.04 Å². The maximum absolute atomic E-state index is 12.3. The fourth-order valence-corrected chi connectivity index (χ4v) is 3.04. The third-order valence-corrected chi connectivity index (χ3v) is 4.13. The number of nitrogens with one attached hydrogen (secondary N) is 1. The molecular formula is C14H26N2O2. The van der Waals surface area contributed by atoms with Gasteiger partial charge in [-0.3, -0.25) is 9.69 Å². The van der Waals surface area contributed by atoms with Gasteiger partial charge < -0.3 is 10.1 Å². The van der Waals surface area contributed by atoms with Gasteiger partial charge in [-0.25, -0.2) is 0 Å². The van der Waals surface area contributed by atoms with Gasteiger partial charge in [0.25, 0.3) is 0 Å². The van der Waals surface area contributed by atoms with Crippen LogP contribution in [0.15, 0.2) is 0 Å². The molecule has 1 amide bonds. The number of carbonyl (C=O) groups is 1. The molecule has 1 aliphatic heterocycles. The summed E-state index contributed by atoms with van der Waals surface area (Å²) in [6, 6.07) is 0.456. The molecule has 2 fully saturated rings. The Kier molecular flexibility index (Phi) is 5.45. The van der Waals surface area contributed by atoms with Crippen LogP contribution in [0.25, 0.3) is 0 Å². The van der Waals surface area contributed by atoms with E-state index in [9.17, 15) is 4.79 Å². The van der Waals surface area contributed by atoms with Crippen molar-refractivity contribution in [3.8, 4) is 0 Å². The predicted octanol–water partition coefficient (Wildman–Crippen LogP) is 1.55. The first-order valence-corrected chi connectivity index (χ1v) is 7.43. The Hall–Kier alpha value is -0.610. The minimum atomic E-state index is 0.0378. The predicted molar refractivity (Wildman–Crippen MR) is 71.5 cm³/mol. The van der Waals surface area contributed by atoms with Crippen molar-refractivity contribution in [2.45, 2.75) is 57.5 Å². The molecule has 2 rings (SSSR count). The van der Waals surface area contributed by atoms with E-state index in [1.807, 2.05) is 0 Å². The number of ether oxygens (including phenoxy) is 1. The third-order valence-electron chi connectivity index (χ3n) is 4.13. The van der Waals surface area contributed by atoms with E-state index >= 15 is 0 Å². The van der Waals surface area contributed by atoms with E-state index in [2.05, 4.69) is 17.1 Å². The largest absolute Gasteiger partial charge is 0.379 e. The van der Waals surface area contributed by atoms with Gasteiger partial charge >= 0.3 is 0 Å². The highest BCUT2D eigenvalue weighted by atomic mass is 16.5. The summed E-state index contributed by atoms with van der Waals surface area (Å²) in [6.07, 6.45) is 7.06. The first-order valence-electron chi connectivity index (χ1n) is 7.43. The number of amides is 1. The molecule has 1 N–H and O–H groups in total. The summed E-state index contributed by atoms with van der Waals surface area (Å²) in [5.74, 6) is 0.228. The summed E-state index contributed by atoms with van der Waals surface area (Å²) in [6.45, 7) is 5.38. The minimum absolute atomic E-state index is 0.0378. The summed E-state index contributed by atoms with van der Waals surface area (Å²) in [5, 5.41) is 3.25. The lowest BCUT2D eigenvalue weighted by molar-refractivity contribution is -0.129. The summed E-state index contributed by atoms with van der Waals surface area (Å²) < 4.78 is 5.35. The van der Waals surface area contributed by atoms with Gasteiger partial charge in [0.1, 0.15) is 0 Å². The summed E-state index contributed by atoms with van der Waals surface area (Å²) in [5.41, 5.74) is 0. The summed E-state index contributed by atoms with van der Waals surface area (Å²) in [7, 11) is 0. The zero-order chi connectivity index (χ0) is 12.8. The van der Waals surface area contributed by atoms with Crippen molar-refractivity contribution in [3.63, 3.8) is 0 Å². The van der Waals surface area contributed by atoms with Crippen LogP contribution in [0.5, 0.6) is 0 Å². The normalized spacial score (nSPS) is 24.7. The average Bonchev–Trinajstić information content (AvgIpc) is 2.42. The molecule has 1 heterocycles.